The van der Waals surface area contributed by atoms with Crippen molar-refractivity contribution in [2.75, 3.05) is 33.8 Å². The van der Waals surface area contributed by atoms with Gasteiger partial charge in [0.05, 0.1) is 6.20 Å². The lowest BCUT2D eigenvalue weighted by atomic mass is 10.0. The molecule has 2 aromatic rings. The summed E-state index contributed by atoms with van der Waals surface area (Å²) in [7, 11) is 6.00. The van der Waals surface area contributed by atoms with Crippen LogP contribution in [-0.4, -0.2) is 74.8 Å². The van der Waals surface area contributed by atoms with Crippen molar-refractivity contribution in [2.24, 2.45) is 13.0 Å². The Hall–Kier alpha value is -1.86. The normalized spacial score (nSPS) is 22.7. The smallest absolute Gasteiger partial charge is 0.259 e. The molecule has 23 heavy (non-hydrogen) atoms. The zero-order chi connectivity index (χ0) is 16.6. The number of amides is 1. The summed E-state index contributed by atoms with van der Waals surface area (Å²) in [5.41, 5.74) is 1.43. The number of aryl methyl sites for hydroxylation is 1. The van der Waals surface area contributed by atoms with Crippen LogP contribution in [-0.2, 0) is 7.05 Å². The zero-order valence-corrected chi connectivity index (χ0v) is 14.0. The lowest BCUT2D eigenvalue weighted by molar-refractivity contribution is 0.0690. The van der Waals surface area contributed by atoms with E-state index in [0.29, 0.717) is 24.7 Å². The third-order valence-corrected chi connectivity index (χ3v) is 4.86. The van der Waals surface area contributed by atoms with Gasteiger partial charge in [-0.3, -0.25) is 4.79 Å². The van der Waals surface area contributed by atoms with Crippen molar-refractivity contribution in [1.29, 1.82) is 0 Å². The number of carbonyl (C=O) groups excluding carboxylic acids is 1. The summed E-state index contributed by atoms with van der Waals surface area (Å²) in [5, 5.41) is 13.8. The third-order valence-electron chi connectivity index (χ3n) is 4.86. The number of likely N-dealkylation sites (tertiary alicyclic amines) is 1. The molecule has 1 aliphatic rings. The van der Waals surface area contributed by atoms with Crippen LogP contribution in [0.2, 0.25) is 0 Å². The SMILES string of the molecule is CN(C)[C@@H]1CC[C@H](CO)CN(C(=O)c2cnn3ccn(C)c23)C1. The summed E-state index contributed by atoms with van der Waals surface area (Å²) in [6.45, 7) is 1.41. The molecule has 0 saturated carbocycles. The number of imidazole rings is 1. The number of rotatable bonds is 3. The Morgan fingerprint density at radius 3 is 2.83 bits per heavy atom. The van der Waals surface area contributed by atoms with Gasteiger partial charge in [0.1, 0.15) is 11.2 Å². The number of hydrogen-bond donors (Lipinski definition) is 1. The van der Waals surface area contributed by atoms with E-state index in [1.165, 1.54) is 0 Å². The quantitative estimate of drug-likeness (QED) is 0.892. The Labute approximate surface area is 136 Å². The zero-order valence-electron chi connectivity index (χ0n) is 14.0. The molecule has 0 bridgehead atoms. The summed E-state index contributed by atoms with van der Waals surface area (Å²) < 4.78 is 3.63. The van der Waals surface area contributed by atoms with E-state index in [1.54, 1.807) is 10.7 Å². The second-order valence-electron chi connectivity index (χ2n) is 6.69. The number of likely N-dealkylation sites (N-methyl/N-ethyl adjacent to an activating group) is 1. The molecule has 3 rings (SSSR count). The van der Waals surface area contributed by atoms with Gasteiger partial charge < -0.3 is 19.5 Å². The van der Waals surface area contributed by atoms with Gasteiger partial charge in [-0.05, 0) is 32.9 Å². The van der Waals surface area contributed by atoms with Gasteiger partial charge in [0.2, 0.25) is 0 Å². The molecule has 1 saturated heterocycles. The number of aliphatic hydroxyl groups excluding tert-OH is 1. The molecule has 3 heterocycles. The van der Waals surface area contributed by atoms with Crippen LogP contribution < -0.4 is 0 Å². The van der Waals surface area contributed by atoms with Crippen LogP contribution in [0.25, 0.3) is 5.65 Å². The van der Waals surface area contributed by atoms with Crippen LogP contribution >= 0.6 is 0 Å². The summed E-state index contributed by atoms with van der Waals surface area (Å²) in [6.07, 6.45) is 7.31. The first-order valence-electron chi connectivity index (χ1n) is 8.06. The molecule has 0 spiro atoms. The second kappa shape index (κ2) is 6.33. The highest BCUT2D eigenvalue weighted by Gasteiger charge is 2.30. The Morgan fingerprint density at radius 2 is 2.13 bits per heavy atom. The van der Waals surface area contributed by atoms with Gasteiger partial charge in [0, 0.05) is 45.2 Å². The van der Waals surface area contributed by atoms with Crippen molar-refractivity contribution in [1.82, 2.24) is 24.0 Å². The molecule has 0 aliphatic carbocycles. The van der Waals surface area contributed by atoms with E-state index in [1.807, 2.05) is 43.0 Å². The third kappa shape index (κ3) is 2.98. The molecule has 2 aromatic heterocycles. The van der Waals surface area contributed by atoms with Crippen molar-refractivity contribution in [3.05, 3.63) is 24.2 Å². The molecule has 7 nitrogen and oxygen atoms in total. The van der Waals surface area contributed by atoms with Crippen LogP contribution in [0.3, 0.4) is 0 Å². The molecule has 0 radical (unpaired) electrons. The number of aromatic nitrogens is 3. The largest absolute Gasteiger partial charge is 0.396 e. The van der Waals surface area contributed by atoms with Gasteiger partial charge in [0.25, 0.3) is 5.91 Å². The fraction of sp³-hybridized carbons (Fsp3) is 0.625. The van der Waals surface area contributed by atoms with Gasteiger partial charge in [-0.15, -0.1) is 0 Å². The van der Waals surface area contributed by atoms with E-state index in [-0.39, 0.29) is 18.4 Å². The van der Waals surface area contributed by atoms with Gasteiger partial charge in [-0.2, -0.15) is 5.10 Å². The monoisotopic (exact) mass is 319 g/mol. The first-order chi connectivity index (χ1) is 11.0. The minimum atomic E-state index is -0.00556. The average Bonchev–Trinajstić information content (AvgIpc) is 3.02. The minimum absolute atomic E-state index is 0.00556. The van der Waals surface area contributed by atoms with Crippen LogP contribution in [0.15, 0.2) is 18.6 Å². The maximum absolute atomic E-state index is 13.1. The standard InChI is InChI=1S/C16H25N5O2/c1-18(2)13-5-4-12(11-22)9-20(10-13)16(23)14-8-17-21-7-6-19(3)15(14)21/h6-8,12-13,22H,4-5,9-11H2,1-3H3/t12-,13+/m0/s1. The maximum atomic E-state index is 13.1. The fourth-order valence-corrected chi connectivity index (χ4v) is 3.36. The first-order valence-corrected chi connectivity index (χ1v) is 8.06. The van der Waals surface area contributed by atoms with Gasteiger partial charge in [0.15, 0.2) is 0 Å². The molecule has 1 N–H and O–H groups in total. The number of aliphatic hydroxyl groups is 1. The van der Waals surface area contributed by atoms with Gasteiger partial charge >= 0.3 is 0 Å². The molecular weight excluding hydrogens is 294 g/mol. The predicted molar refractivity (Wildman–Crippen MR) is 87.4 cm³/mol. The first kappa shape index (κ1) is 16.0. The van der Waals surface area contributed by atoms with Crippen LogP contribution in [0.4, 0.5) is 0 Å². The predicted octanol–water partition coefficient (Wildman–Crippen LogP) is 0.447. The summed E-state index contributed by atoms with van der Waals surface area (Å²) >= 11 is 0. The van der Waals surface area contributed by atoms with E-state index in [9.17, 15) is 9.90 Å². The van der Waals surface area contributed by atoms with E-state index >= 15 is 0 Å². The molecule has 1 amide bonds. The van der Waals surface area contributed by atoms with Crippen molar-refractivity contribution in [2.45, 2.75) is 18.9 Å². The van der Waals surface area contributed by atoms with Crippen LogP contribution in [0, 0.1) is 5.92 Å². The lowest BCUT2D eigenvalue weighted by Gasteiger charge is -2.28. The number of nitrogens with zero attached hydrogens (tertiary/aromatic N) is 5. The van der Waals surface area contributed by atoms with E-state index < -0.39 is 0 Å². The average molecular weight is 319 g/mol. The molecular formula is C16H25N5O2. The summed E-state index contributed by atoms with van der Waals surface area (Å²) in [5.74, 6) is 0.136. The highest BCUT2D eigenvalue weighted by atomic mass is 16.3. The fourth-order valence-electron chi connectivity index (χ4n) is 3.36. The van der Waals surface area contributed by atoms with Crippen LogP contribution in [0.1, 0.15) is 23.2 Å². The molecule has 126 valence electrons. The number of fused-ring (bicyclic) bond motifs is 1. The molecule has 7 heteroatoms. The molecule has 0 unspecified atom stereocenters. The van der Waals surface area contributed by atoms with Crippen molar-refractivity contribution < 1.29 is 9.90 Å². The van der Waals surface area contributed by atoms with Crippen molar-refractivity contribution >= 4 is 11.6 Å². The van der Waals surface area contributed by atoms with Gasteiger partial charge in [-0.1, -0.05) is 0 Å². The van der Waals surface area contributed by atoms with E-state index in [2.05, 4.69) is 10.00 Å². The summed E-state index contributed by atoms with van der Waals surface area (Å²) in [4.78, 5) is 17.1. The van der Waals surface area contributed by atoms with Crippen LogP contribution in [0.5, 0.6) is 0 Å². The highest BCUT2D eigenvalue weighted by Crippen LogP contribution is 2.22. The lowest BCUT2D eigenvalue weighted by Crippen LogP contribution is -2.42. The Morgan fingerprint density at radius 1 is 1.35 bits per heavy atom. The molecule has 0 aromatic carbocycles. The Bertz CT molecular complexity index is 690. The van der Waals surface area contributed by atoms with Gasteiger partial charge in [-0.25, -0.2) is 4.52 Å². The molecule has 2 atom stereocenters. The van der Waals surface area contributed by atoms with E-state index in [4.69, 9.17) is 0 Å². The highest BCUT2D eigenvalue weighted by molar-refractivity contribution is 5.99. The second-order valence-corrected chi connectivity index (χ2v) is 6.69. The van der Waals surface area contributed by atoms with E-state index in [0.717, 1.165) is 18.5 Å². The topological polar surface area (TPSA) is 66.0 Å². The summed E-state index contributed by atoms with van der Waals surface area (Å²) in [6, 6.07) is 0.315. The van der Waals surface area contributed by atoms with Crippen molar-refractivity contribution in [3.8, 4) is 0 Å². The Balaban J connectivity index is 1.90. The number of carbonyl (C=O) groups is 1. The molecule has 1 fully saturated rings. The minimum Gasteiger partial charge on any atom is -0.396 e. The van der Waals surface area contributed by atoms with Crippen molar-refractivity contribution in [3.63, 3.8) is 0 Å². The molecule has 1 aliphatic heterocycles. The maximum Gasteiger partial charge on any atom is 0.259 e. The Kier molecular flexibility index (Phi) is 4.41. The number of hydrogen-bond acceptors (Lipinski definition) is 4.